The highest BCUT2D eigenvalue weighted by atomic mass is 16.4. The fourth-order valence-corrected chi connectivity index (χ4v) is 1.82. The van der Waals surface area contributed by atoms with Crippen LogP contribution in [-0.4, -0.2) is 27.8 Å². The minimum atomic E-state index is -0.215. The van der Waals surface area contributed by atoms with Crippen LogP contribution in [0.25, 0.3) is 0 Å². The van der Waals surface area contributed by atoms with E-state index in [1.165, 1.54) is 0 Å². The first-order valence-corrected chi connectivity index (χ1v) is 4.93. The molecule has 2 rings (SSSR count). The van der Waals surface area contributed by atoms with Crippen LogP contribution in [0.1, 0.15) is 24.6 Å². The number of carbonyl (C=O) groups is 1. The molecule has 1 aromatic heterocycles. The third-order valence-electron chi connectivity index (χ3n) is 2.65. The molecule has 15 heavy (non-hydrogen) atoms. The standard InChI is InChI=1S/C9H13N3O3/c13-4-9-12-11-8(15-9)3-6-1-7(2-6)10-5-14/h5-7,13H,1-4H2,(H,10,14). The maximum Gasteiger partial charge on any atom is 0.241 e. The lowest BCUT2D eigenvalue weighted by Crippen LogP contribution is -2.41. The zero-order valence-corrected chi connectivity index (χ0v) is 8.22. The Labute approximate surface area is 86.7 Å². The molecule has 0 saturated heterocycles. The second-order valence-corrected chi connectivity index (χ2v) is 3.77. The van der Waals surface area contributed by atoms with Crippen molar-refractivity contribution in [1.82, 2.24) is 15.5 Å². The Balaban J connectivity index is 1.77. The molecule has 0 aliphatic heterocycles. The van der Waals surface area contributed by atoms with Crippen molar-refractivity contribution in [3.05, 3.63) is 11.8 Å². The highest BCUT2D eigenvalue weighted by Crippen LogP contribution is 2.29. The van der Waals surface area contributed by atoms with Gasteiger partial charge in [-0.05, 0) is 18.8 Å². The van der Waals surface area contributed by atoms with Crippen LogP contribution >= 0.6 is 0 Å². The molecular weight excluding hydrogens is 198 g/mol. The van der Waals surface area contributed by atoms with E-state index in [2.05, 4.69) is 15.5 Å². The average molecular weight is 211 g/mol. The van der Waals surface area contributed by atoms with Crippen molar-refractivity contribution in [2.24, 2.45) is 5.92 Å². The monoisotopic (exact) mass is 211 g/mol. The van der Waals surface area contributed by atoms with Crippen LogP contribution in [0.4, 0.5) is 0 Å². The van der Waals surface area contributed by atoms with Gasteiger partial charge in [-0.25, -0.2) is 0 Å². The van der Waals surface area contributed by atoms with Gasteiger partial charge in [-0.15, -0.1) is 10.2 Å². The van der Waals surface area contributed by atoms with E-state index in [0.29, 0.717) is 17.9 Å². The summed E-state index contributed by atoms with van der Waals surface area (Å²) in [7, 11) is 0. The SMILES string of the molecule is O=CNC1CC(Cc2nnc(CO)o2)C1. The number of aliphatic hydroxyl groups is 1. The molecule has 0 unspecified atom stereocenters. The third kappa shape index (κ3) is 2.33. The molecule has 6 nitrogen and oxygen atoms in total. The van der Waals surface area contributed by atoms with E-state index in [0.717, 1.165) is 25.7 Å². The van der Waals surface area contributed by atoms with Crippen LogP contribution in [0.15, 0.2) is 4.42 Å². The lowest BCUT2D eigenvalue weighted by Gasteiger charge is -2.33. The van der Waals surface area contributed by atoms with Gasteiger partial charge in [0.2, 0.25) is 18.2 Å². The van der Waals surface area contributed by atoms with E-state index in [-0.39, 0.29) is 12.5 Å². The summed E-state index contributed by atoms with van der Waals surface area (Å²) in [5.41, 5.74) is 0. The zero-order valence-electron chi connectivity index (χ0n) is 8.22. The number of nitrogens with one attached hydrogen (secondary N) is 1. The molecule has 6 heteroatoms. The lowest BCUT2D eigenvalue weighted by atomic mass is 9.78. The summed E-state index contributed by atoms with van der Waals surface area (Å²) in [5.74, 6) is 1.31. The largest absolute Gasteiger partial charge is 0.423 e. The van der Waals surface area contributed by atoms with Gasteiger partial charge in [-0.3, -0.25) is 4.79 Å². The maximum atomic E-state index is 10.1. The molecule has 0 radical (unpaired) electrons. The molecule has 1 fully saturated rings. The molecule has 1 amide bonds. The third-order valence-corrected chi connectivity index (χ3v) is 2.65. The van der Waals surface area contributed by atoms with Gasteiger partial charge in [0.05, 0.1) is 0 Å². The number of hydrogen-bond donors (Lipinski definition) is 2. The summed E-state index contributed by atoms with van der Waals surface area (Å²) in [6.45, 7) is -0.215. The lowest BCUT2D eigenvalue weighted by molar-refractivity contribution is -0.110. The van der Waals surface area contributed by atoms with Gasteiger partial charge < -0.3 is 14.8 Å². The first-order valence-electron chi connectivity index (χ1n) is 4.93. The minimum absolute atomic E-state index is 0.215. The van der Waals surface area contributed by atoms with Gasteiger partial charge in [0, 0.05) is 12.5 Å². The van der Waals surface area contributed by atoms with Crippen molar-refractivity contribution in [3.8, 4) is 0 Å². The van der Waals surface area contributed by atoms with Gasteiger partial charge in [-0.2, -0.15) is 0 Å². The van der Waals surface area contributed by atoms with Crippen LogP contribution in [0.2, 0.25) is 0 Å². The van der Waals surface area contributed by atoms with Gasteiger partial charge >= 0.3 is 0 Å². The molecule has 1 aliphatic carbocycles. The first-order chi connectivity index (χ1) is 7.31. The van der Waals surface area contributed by atoms with Crippen LogP contribution in [0.5, 0.6) is 0 Å². The Hall–Kier alpha value is -1.43. The quantitative estimate of drug-likeness (QED) is 0.649. The Morgan fingerprint density at radius 2 is 2.20 bits per heavy atom. The zero-order chi connectivity index (χ0) is 10.7. The summed E-state index contributed by atoms with van der Waals surface area (Å²) in [6.07, 6.45) is 3.37. The molecule has 0 bridgehead atoms. The van der Waals surface area contributed by atoms with E-state index >= 15 is 0 Å². The number of hydrogen-bond acceptors (Lipinski definition) is 5. The van der Waals surface area contributed by atoms with Crippen LogP contribution in [-0.2, 0) is 17.8 Å². The number of rotatable bonds is 5. The molecule has 82 valence electrons. The summed E-state index contributed by atoms with van der Waals surface area (Å²) >= 11 is 0. The number of amides is 1. The summed E-state index contributed by atoms with van der Waals surface area (Å²) in [6, 6.07) is 0.299. The van der Waals surface area contributed by atoms with Crippen LogP contribution < -0.4 is 5.32 Å². The predicted molar refractivity (Wildman–Crippen MR) is 49.6 cm³/mol. The molecule has 1 aliphatic rings. The van der Waals surface area contributed by atoms with Crippen molar-refractivity contribution in [3.63, 3.8) is 0 Å². The van der Waals surface area contributed by atoms with E-state index in [4.69, 9.17) is 9.52 Å². The summed E-state index contributed by atoms with van der Waals surface area (Å²) in [4.78, 5) is 10.1. The summed E-state index contributed by atoms with van der Waals surface area (Å²) < 4.78 is 5.17. The Kier molecular flexibility index (Phi) is 2.96. The van der Waals surface area contributed by atoms with E-state index < -0.39 is 0 Å². The molecule has 1 heterocycles. The number of carbonyl (C=O) groups excluding carboxylic acids is 1. The normalized spacial score (nSPS) is 24.6. The number of aliphatic hydroxyl groups excluding tert-OH is 1. The predicted octanol–water partition coefficient (Wildman–Crippen LogP) is -0.371. The van der Waals surface area contributed by atoms with Gasteiger partial charge in [0.1, 0.15) is 6.61 Å². The van der Waals surface area contributed by atoms with Crippen LogP contribution in [0, 0.1) is 5.92 Å². The highest BCUT2D eigenvalue weighted by molar-refractivity contribution is 5.46. The van der Waals surface area contributed by atoms with Crippen molar-refractivity contribution in [1.29, 1.82) is 0 Å². The second kappa shape index (κ2) is 4.39. The second-order valence-electron chi connectivity index (χ2n) is 3.77. The van der Waals surface area contributed by atoms with E-state index in [1.807, 2.05) is 0 Å². The van der Waals surface area contributed by atoms with Gasteiger partial charge in [0.15, 0.2) is 0 Å². The molecule has 0 aromatic carbocycles. The van der Waals surface area contributed by atoms with Crippen molar-refractivity contribution < 1.29 is 14.3 Å². The fourth-order valence-electron chi connectivity index (χ4n) is 1.82. The maximum absolute atomic E-state index is 10.1. The Bertz CT molecular complexity index is 333. The molecular formula is C9H13N3O3. The Morgan fingerprint density at radius 3 is 2.80 bits per heavy atom. The van der Waals surface area contributed by atoms with E-state index in [1.54, 1.807) is 0 Å². The van der Waals surface area contributed by atoms with Crippen LogP contribution in [0.3, 0.4) is 0 Å². The number of aromatic nitrogens is 2. The molecule has 0 atom stereocenters. The van der Waals surface area contributed by atoms with E-state index in [9.17, 15) is 4.79 Å². The number of nitrogens with zero attached hydrogens (tertiary/aromatic N) is 2. The van der Waals surface area contributed by atoms with Gasteiger partial charge in [0.25, 0.3) is 0 Å². The summed E-state index contributed by atoms with van der Waals surface area (Å²) in [5, 5.41) is 18.9. The Morgan fingerprint density at radius 1 is 1.47 bits per heavy atom. The fraction of sp³-hybridized carbons (Fsp3) is 0.667. The average Bonchev–Trinajstić information content (AvgIpc) is 2.62. The van der Waals surface area contributed by atoms with Gasteiger partial charge in [-0.1, -0.05) is 0 Å². The van der Waals surface area contributed by atoms with Crippen molar-refractivity contribution >= 4 is 6.41 Å². The topological polar surface area (TPSA) is 88.2 Å². The molecule has 1 aromatic rings. The first kappa shape index (κ1) is 10.1. The minimum Gasteiger partial charge on any atom is -0.423 e. The molecule has 1 saturated carbocycles. The highest BCUT2D eigenvalue weighted by Gasteiger charge is 2.30. The molecule has 0 spiro atoms. The smallest absolute Gasteiger partial charge is 0.241 e. The molecule has 2 N–H and O–H groups in total. The van der Waals surface area contributed by atoms with Crippen molar-refractivity contribution in [2.45, 2.75) is 31.9 Å². The van der Waals surface area contributed by atoms with Crippen molar-refractivity contribution in [2.75, 3.05) is 0 Å².